The molecule has 106 valence electrons. The van der Waals surface area contributed by atoms with Crippen LogP contribution >= 0.6 is 0 Å². The highest BCUT2D eigenvalue weighted by molar-refractivity contribution is 5.49. The molecule has 0 aliphatic carbocycles. The largest absolute Gasteiger partial charge is 0.473 e. The molecule has 1 heterocycles. The van der Waals surface area contributed by atoms with Crippen LogP contribution in [0.3, 0.4) is 0 Å². The molecule has 2 rings (SSSR count). The molecule has 0 saturated carbocycles. The maximum atomic E-state index is 13.2. The number of hydrogen-bond donors (Lipinski definition) is 1. The third-order valence-corrected chi connectivity index (χ3v) is 2.56. The number of aromatic nitrogens is 1. The van der Waals surface area contributed by atoms with Crippen LogP contribution in [0.25, 0.3) is 0 Å². The zero-order valence-electron chi connectivity index (χ0n) is 11.7. The fourth-order valence-corrected chi connectivity index (χ4v) is 1.61. The molecule has 2 aromatic rings. The summed E-state index contributed by atoms with van der Waals surface area (Å²) in [6.45, 7) is 5.45. The van der Waals surface area contributed by atoms with Crippen LogP contribution in [-0.4, -0.2) is 11.1 Å². The Labute approximate surface area is 117 Å². The van der Waals surface area contributed by atoms with Crippen molar-refractivity contribution in [2.45, 2.75) is 26.9 Å². The average molecular weight is 276 g/mol. The van der Waals surface area contributed by atoms with Gasteiger partial charge >= 0.3 is 0 Å². The quantitative estimate of drug-likeness (QED) is 0.925. The van der Waals surface area contributed by atoms with Gasteiger partial charge in [-0.15, -0.1) is 0 Å². The molecule has 0 fully saturated rings. The molecule has 0 spiro atoms. The van der Waals surface area contributed by atoms with Gasteiger partial charge in [0.2, 0.25) is 11.8 Å². The molecule has 0 bridgehead atoms. The summed E-state index contributed by atoms with van der Waals surface area (Å²) in [5.41, 5.74) is 6.74. The predicted molar refractivity (Wildman–Crippen MR) is 75.6 cm³/mol. The Hall–Kier alpha value is -2.30. The second kappa shape index (κ2) is 5.77. The molecule has 20 heavy (non-hydrogen) atoms. The highest BCUT2D eigenvalue weighted by Crippen LogP contribution is 2.27. The smallest absolute Gasteiger partial charge is 0.240 e. The lowest BCUT2D eigenvalue weighted by Crippen LogP contribution is -2.09. The number of rotatable bonds is 4. The number of nitrogens with two attached hydrogens (primary N) is 1. The second-order valence-electron chi connectivity index (χ2n) is 4.72. The normalized spacial score (nSPS) is 10.7. The number of nitrogens with zero attached hydrogens (tertiary/aromatic N) is 1. The lowest BCUT2D eigenvalue weighted by Gasteiger charge is -2.12. The van der Waals surface area contributed by atoms with E-state index in [4.69, 9.17) is 15.2 Å². The van der Waals surface area contributed by atoms with Crippen LogP contribution in [0, 0.1) is 12.7 Å². The predicted octanol–water partition coefficient (Wildman–Crippen LogP) is 3.69. The molecule has 4 nitrogen and oxygen atoms in total. The van der Waals surface area contributed by atoms with E-state index in [1.165, 1.54) is 6.07 Å². The first-order chi connectivity index (χ1) is 9.45. The van der Waals surface area contributed by atoms with E-state index < -0.39 is 0 Å². The van der Waals surface area contributed by atoms with Gasteiger partial charge in [0.15, 0.2) is 0 Å². The molecule has 0 saturated heterocycles. The van der Waals surface area contributed by atoms with Crippen molar-refractivity contribution in [1.29, 1.82) is 0 Å². The maximum absolute atomic E-state index is 13.2. The molecule has 0 aliphatic rings. The van der Waals surface area contributed by atoms with E-state index in [0.29, 0.717) is 28.8 Å². The van der Waals surface area contributed by atoms with Crippen molar-refractivity contribution in [3.8, 4) is 17.5 Å². The Kier molecular flexibility index (Phi) is 4.08. The zero-order valence-corrected chi connectivity index (χ0v) is 11.7. The molecular weight excluding hydrogens is 259 g/mol. The van der Waals surface area contributed by atoms with Crippen molar-refractivity contribution in [1.82, 2.24) is 4.98 Å². The Morgan fingerprint density at radius 3 is 2.60 bits per heavy atom. The SMILES string of the molecule is Cc1cc(Oc2ccc(N)c(OC(C)C)n2)ccc1F. The first-order valence-corrected chi connectivity index (χ1v) is 6.33. The van der Waals surface area contributed by atoms with Gasteiger partial charge in [0.25, 0.3) is 0 Å². The van der Waals surface area contributed by atoms with Gasteiger partial charge in [-0.05, 0) is 50.6 Å². The summed E-state index contributed by atoms with van der Waals surface area (Å²) >= 11 is 0. The van der Waals surface area contributed by atoms with Crippen molar-refractivity contribution in [2.75, 3.05) is 5.73 Å². The van der Waals surface area contributed by atoms with Crippen molar-refractivity contribution < 1.29 is 13.9 Å². The van der Waals surface area contributed by atoms with E-state index in [1.54, 1.807) is 31.2 Å². The third kappa shape index (κ3) is 3.38. The van der Waals surface area contributed by atoms with Crippen LogP contribution in [0.2, 0.25) is 0 Å². The standard InChI is InChI=1S/C15H17FN2O2/c1-9(2)19-15-13(17)6-7-14(18-15)20-11-4-5-12(16)10(3)8-11/h4-9H,17H2,1-3H3. The highest BCUT2D eigenvalue weighted by atomic mass is 19.1. The fraction of sp³-hybridized carbons (Fsp3) is 0.267. The first-order valence-electron chi connectivity index (χ1n) is 6.33. The zero-order chi connectivity index (χ0) is 14.7. The number of halogens is 1. The Bertz CT molecular complexity index is 615. The molecule has 0 unspecified atom stereocenters. The summed E-state index contributed by atoms with van der Waals surface area (Å²) in [6.07, 6.45) is -0.0342. The number of aryl methyl sites for hydroxylation is 1. The second-order valence-corrected chi connectivity index (χ2v) is 4.72. The number of hydrogen-bond acceptors (Lipinski definition) is 4. The molecule has 5 heteroatoms. The maximum Gasteiger partial charge on any atom is 0.240 e. The van der Waals surface area contributed by atoms with E-state index in [-0.39, 0.29) is 11.9 Å². The number of benzene rings is 1. The van der Waals surface area contributed by atoms with Crippen LogP contribution in [0.4, 0.5) is 10.1 Å². The number of ether oxygens (including phenoxy) is 2. The molecule has 0 radical (unpaired) electrons. The molecular formula is C15H17FN2O2. The van der Waals surface area contributed by atoms with Crippen LogP contribution < -0.4 is 15.2 Å². The molecule has 1 aromatic heterocycles. The summed E-state index contributed by atoms with van der Waals surface area (Å²) in [4.78, 5) is 4.20. The van der Waals surface area contributed by atoms with Gasteiger partial charge in [-0.3, -0.25) is 0 Å². The van der Waals surface area contributed by atoms with Gasteiger partial charge < -0.3 is 15.2 Å². The van der Waals surface area contributed by atoms with Crippen molar-refractivity contribution >= 4 is 5.69 Å². The Morgan fingerprint density at radius 1 is 1.20 bits per heavy atom. The summed E-state index contributed by atoms with van der Waals surface area (Å²) < 4.78 is 24.3. The summed E-state index contributed by atoms with van der Waals surface area (Å²) in [5.74, 6) is 0.917. The molecule has 1 aromatic carbocycles. The first kappa shape index (κ1) is 14.1. The molecule has 0 amide bonds. The minimum atomic E-state index is -0.272. The Balaban J connectivity index is 2.22. The van der Waals surface area contributed by atoms with Gasteiger partial charge in [-0.2, -0.15) is 4.98 Å². The van der Waals surface area contributed by atoms with Gasteiger partial charge in [-0.25, -0.2) is 4.39 Å². The monoisotopic (exact) mass is 276 g/mol. The van der Waals surface area contributed by atoms with E-state index in [9.17, 15) is 4.39 Å². The lowest BCUT2D eigenvalue weighted by molar-refractivity contribution is 0.232. The van der Waals surface area contributed by atoms with E-state index in [0.717, 1.165) is 0 Å². The van der Waals surface area contributed by atoms with Gasteiger partial charge in [-0.1, -0.05) is 0 Å². The van der Waals surface area contributed by atoms with Crippen LogP contribution in [-0.2, 0) is 0 Å². The van der Waals surface area contributed by atoms with Crippen LogP contribution in [0.5, 0.6) is 17.5 Å². The minimum Gasteiger partial charge on any atom is -0.473 e. The highest BCUT2D eigenvalue weighted by Gasteiger charge is 2.08. The van der Waals surface area contributed by atoms with Crippen LogP contribution in [0.1, 0.15) is 19.4 Å². The van der Waals surface area contributed by atoms with E-state index >= 15 is 0 Å². The topological polar surface area (TPSA) is 57.4 Å². The number of anilines is 1. The van der Waals surface area contributed by atoms with Crippen LogP contribution in [0.15, 0.2) is 30.3 Å². The minimum absolute atomic E-state index is 0.0342. The molecule has 0 atom stereocenters. The average Bonchev–Trinajstić information content (AvgIpc) is 2.37. The van der Waals surface area contributed by atoms with Crippen molar-refractivity contribution in [3.05, 3.63) is 41.7 Å². The summed E-state index contributed by atoms with van der Waals surface area (Å²) in [5, 5.41) is 0. The van der Waals surface area contributed by atoms with Crippen molar-refractivity contribution in [2.24, 2.45) is 0 Å². The van der Waals surface area contributed by atoms with Gasteiger partial charge in [0, 0.05) is 6.07 Å². The van der Waals surface area contributed by atoms with E-state index in [2.05, 4.69) is 4.98 Å². The summed E-state index contributed by atoms with van der Waals surface area (Å²) in [7, 11) is 0. The number of nitrogen functional groups attached to an aromatic ring is 1. The van der Waals surface area contributed by atoms with E-state index in [1.807, 2.05) is 13.8 Å². The van der Waals surface area contributed by atoms with Crippen molar-refractivity contribution in [3.63, 3.8) is 0 Å². The fourth-order valence-electron chi connectivity index (χ4n) is 1.61. The summed E-state index contributed by atoms with van der Waals surface area (Å²) in [6, 6.07) is 7.81. The number of pyridine rings is 1. The van der Waals surface area contributed by atoms with Gasteiger partial charge in [0.1, 0.15) is 11.6 Å². The molecule has 2 N–H and O–H groups in total. The van der Waals surface area contributed by atoms with Gasteiger partial charge in [0.05, 0.1) is 11.8 Å². The molecule has 0 aliphatic heterocycles. The Morgan fingerprint density at radius 2 is 1.95 bits per heavy atom. The third-order valence-electron chi connectivity index (χ3n) is 2.56. The lowest BCUT2D eigenvalue weighted by atomic mass is 10.2.